The fourth-order valence-corrected chi connectivity index (χ4v) is 1.41. The van der Waals surface area contributed by atoms with E-state index >= 15 is 0 Å². The van der Waals surface area contributed by atoms with E-state index in [1.54, 1.807) is 7.11 Å². The van der Waals surface area contributed by atoms with Gasteiger partial charge in [-0.25, -0.2) is 5.43 Å². The van der Waals surface area contributed by atoms with Gasteiger partial charge in [-0.3, -0.25) is 4.79 Å². The number of methoxy groups -OCH3 is 1. The van der Waals surface area contributed by atoms with Gasteiger partial charge in [-0.15, -0.1) is 0 Å². The maximum Gasteiger partial charge on any atom is 0.242 e. The van der Waals surface area contributed by atoms with Gasteiger partial charge in [0.2, 0.25) is 5.91 Å². The molecule has 19 heavy (non-hydrogen) atoms. The van der Waals surface area contributed by atoms with Crippen LogP contribution >= 0.6 is 0 Å². The average Bonchev–Trinajstić information content (AvgIpc) is 2.45. The van der Waals surface area contributed by atoms with Gasteiger partial charge in [-0.1, -0.05) is 0 Å². The molecule has 0 saturated carbocycles. The third-order valence-electron chi connectivity index (χ3n) is 2.53. The Hall–Kier alpha value is -1.88. The van der Waals surface area contributed by atoms with Crippen molar-refractivity contribution in [3.05, 3.63) is 29.8 Å². The summed E-state index contributed by atoms with van der Waals surface area (Å²) in [5, 5.41) is 4.05. The van der Waals surface area contributed by atoms with Crippen molar-refractivity contribution in [2.24, 2.45) is 5.10 Å². The summed E-state index contributed by atoms with van der Waals surface area (Å²) >= 11 is 0. The summed E-state index contributed by atoms with van der Waals surface area (Å²) in [7, 11) is 1.62. The van der Waals surface area contributed by atoms with Crippen LogP contribution in [0.5, 0.6) is 5.75 Å². The van der Waals surface area contributed by atoms with Crippen LogP contribution in [0.25, 0.3) is 0 Å². The van der Waals surface area contributed by atoms with Crippen molar-refractivity contribution < 1.29 is 14.3 Å². The molecule has 0 aliphatic rings. The van der Waals surface area contributed by atoms with E-state index in [9.17, 15) is 4.79 Å². The van der Waals surface area contributed by atoms with E-state index in [0.717, 1.165) is 17.0 Å². The smallest absolute Gasteiger partial charge is 0.242 e. The Morgan fingerprint density at radius 1 is 1.32 bits per heavy atom. The number of amides is 1. The number of ether oxygens (including phenoxy) is 2. The highest BCUT2D eigenvalue weighted by Crippen LogP contribution is 2.11. The minimum Gasteiger partial charge on any atom is -0.497 e. The van der Waals surface area contributed by atoms with Gasteiger partial charge in [0.25, 0.3) is 0 Å². The van der Waals surface area contributed by atoms with Crippen molar-refractivity contribution in [3.63, 3.8) is 0 Å². The normalized spacial score (nSPS) is 11.2. The average molecular weight is 264 g/mol. The second-order valence-corrected chi connectivity index (χ2v) is 3.91. The van der Waals surface area contributed by atoms with Crippen LogP contribution in [0.1, 0.15) is 25.8 Å². The monoisotopic (exact) mass is 264 g/mol. The topological polar surface area (TPSA) is 59.9 Å². The van der Waals surface area contributed by atoms with Gasteiger partial charge in [0, 0.05) is 6.61 Å². The molecule has 0 heterocycles. The van der Waals surface area contributed by atoms with E-state index in [4.69, 9.17) is 9.47 Å². The zero-order valence-corrected chi connectivity index (χ0v) is 11.6. The van der Waals surface area contributed by atoms with Crippen molar-refractivity contribution in [2.45, 2.75) is 20.3 Å². The second-order valence-electron chi connectivity index (χ2n) is 3.91. The molecule has 5 heteroatoms. The Labute approximate surface area is 113 Å². The quantitative estimate of drug-likeness (QED) is 0.465. The summed E-state index contributed by atoms with van der Waals surface area (Å²) in [4.78, 5) is 11.4. The predicted octanol–water partition coefficient (Wildman–Crippen LogP) is 1.96. The molecule has 1 aromatic rings. The molecule has 0 aliphatic carbocycles. The number of nitrogens with one attached hydrogen (secondary N) is 1. The fourth-order valence-electron chi connectivity index (χ4n) is 1.41. The molecule has 0 spiro atoms. The number of rotatable bonds is 7. The van der Waals surface area contributed by atoms with Crippen LogP contribution in [-0.4, -0.2) is 31.9 Å². The van der Waals surface area contributed by atoms with Crippen molar-refractivity contribution in [1.29, 1.82) is 0 Å². The number of hydrogen-bond donors (Lipinski definition) is 1. The second kappa shape index (κ2) is 8.26. The number of hydrazone groups is 1. The first-order valence-corrected chi connectivity index (χ1v) is 6.22. The van der Waals surface area contributed by atoms with Gasteiger partial charge in [-0.2, -0.15) is 5.10 Å². The van der Waals surface area contributed by atoms with Crippen LogP contribution in [0.4, 0.5) is 0 Å². The summed E-state index contributed by atoms with van der Waals surface area (Å²) in [6, 6.07) is 7.49. The van der Waals surface area contributed by atoms with E-state index < -0.39 is 0 Å². The minimum absolute atomic E-state index is 0.152. The van der Waals surface area contributed by atoms with Crippen molar-refractivity contribution in [2.75, 3.05) is 20.3 Å². The molecular weight excluding hydrogens is 244 g/mol. The summed E-state index contributed by atoms with van der Waals surface area (Å²) in [6.45, 7) is 4.76. The first-order chi connectivity index (χ1) is 9.17. The highest BCUT2D eigenvalue weighted by Gasteiger charge is 2.01. The number of hydrogen-bond acceptors (Lipinski definition) is 4. The van der Waals surface area contributed by atoms with E-state index in [1.807, 2.05) is 38.1 Å². The van der Waals surface area contributed by atoms with E-state index in [2.05, 4.69) is 10.5 Å². The highest BCUT2D eigenvalue weighted by atomic mass is 16.5. The Morgan fingerprint density at radius 2 is 2.00 bits per heavy atom. The van der Waals surface area contributed by atoms with Crippen LogP contribution in [0.2, 0.25) is 0 Å². The van der Waals surface area contributed by atoms with E-state index in [-0.39, 0.29) is 5.91 Å². The molecule has 0 fully saturated rings. The molecule has 0 atom stereocenters. The first-order valence-electron chi connectivity index (χ1n) is 6.22. The lowest BCUT2D eigenvalue weighted by Crippen LogP contribution is -2.20. The van der Waals surface area contributed by atoms with Crippen LogP contribution in [-0.2, 0) is 9.53 Å². The van der Waals surface area contributed by atoms with Crippen molar-refractivity contribution in [3.8, 4) is 5.75 Å². The van der Waals surface area contributed by atoms with Gasteiger partial charge >= 0.3 is 0 Å². The van der Waals surface area contributed by atoms with Gasteiger partial charge in [-0.05, 0) is 43.7 Å². The van der Waals surface area contributed by atoms with Gasteiger partial charge in [0.15, 0.2) is 0 Å². The largest absolute Gasteiger partial charge is 0.497 e. The maximum absolute atomic E-state index is 11.4. The van der Waals surface area contributed by atoms with Gasteiger partial charge in [0.05, 0.1) is 25.8 Å². The summed E-state index contributed by atoms with van der Waals surface area (Å²) in [6.07, 6.45) is 0.313. The van der Waals surface area contributed by atoms with Crippen LogP contribution in [0.3, 0.4) is 0 Å². The molecular formula is C14H20N2O3. The lowest BCUT2D eigenvalue weighted by Gasteiger charge is -2.04. The van der Waals surface area contributed by atoms with Crippen LogP contribution in [0.15, 0.2) is 29.4 Å². The third-order valence-corrected chi connectivity index (χ3v) is 2.53. The van der Waals surface area contributed by atoms with Crippen molar-refractivity contribution in [1.82, 2.24) is 5.43 Å². The van der Waals surface area contributed by atoms with Crippen LogP contribution < -0.4 is 10.2 Å². The molecule has 1 rings (SSSR count). The van der Waals surface area contributed by atoms with Gasteiger partial charge < -0.3 is 9.47 Å². The Bertz CT molecular complexity index is 427. The number of nitrogens with zero attached hydrogens (tertiary/aromatic N) is 1. The summed E-state index contributed by atoms with van der Waals surface area (Å²) in [5.41, 5.74) is 4.19. The molecule has 0 aromatic heterocycles. The molecule has 104 valence electrons. The fraction of sp³-hybridized carbons (Fsp3) is 0.429. The predicted molar refractivity (Wildman–Crippen MR) is 74.5 cm³/mol. The molecule has 0 aliphatic heterocycles. The molecule has 1 N–H and O–H groups in total. The van der Waals surface area contributed by atoms with Gasteiger partial charge in [0.1, 0.15) is 5.75 Å². The number of carbonyl (C=O) groups is 1. The Kier molecular flexibility index (Phi) is 6.60. The van der Waals surface area contributed by atoms with Crippen LogP contribution in [0, 0.1) is 0 Å². The molecule has 1 amide bonds. The SMILES string of the molecule is CCOCCC(=O)N/N=C(\C)c1ccc(OC)cc1. The van der Waals surface area contributed by atoms with E-state index in [0.29, 0.717) is 19.6 Å². The zero-order valence-electron chi connectivity index (χ0n) is 11.6. The minimum atomic E-state index is -0.152. The Balaban J connectivity index is 2.49. The number of benzene rings is 1. The Morgan fingerprint density at radius 3 is 2.58 bits per heavy atom. The van der Waals surface area contributed by atoms with Crippen molar-refractivity contribution >= 4 is 11.6 Å². The molecule has 0 bridgehead atoms. The molecule has 0 radical (unpaired) electrons. The lowest BCUT2D eigenvalue weighted by molar-refractivity contribution is -0.122. The summed E-state index contributed by atoms with van der Waals surface area (Å²) < 4.78 is 10.2. The highest BCUT2D eigenvalue weighted by molar-refractivity contribution is 5.99. The van der Waals surface area contributed by atoms with E-state index in [1.165, 1.54) is 0 Å². The third kappa shape index (κ3) is 5.52. The summed E-state index contributed by atoms with van der Waals surface area (Å²) in [5.74, 6) is 0.638. The first kappa shape index (κ1) is 15.2. The standard InChI is InChI=1S/C14H20N2O3/c1-4-19-10-9-14(17)16-15-11(2)12-5-7-13(18-3)8-6-12/h5-8H,4,9-10H2,1-3H3,(H,16,17)/b15-11+. The maximum atomic E-state index is 11.4. The molecule has 0 saturated heterocycles. The molecule has 1 aromatic carbocycles. The molecule has 0 unspecified atom stereocenters. The number of carbonyl (C=O) groups excluding carboxylic acids is 1. The molecule has 5 nitrogen and oxygen atoms in total. The lowest BCUT2D eigenvalue weighted by atomic mass is 10.1. The zero-order chi connectivity index (χ0) is 14.1.